The SMILES string of the molecule is CC(NC(=O)C1CCC2CN(S(=O)(=O)Cc3ccccc3)CC(=O)N21)C(=O)C(=O)O.Cc1ccc2nc[nH]c2c1. The maximum atomic E-state index is 12.8. The zero-order chi connectivity index (χ0) is 29.0. The zero-order valence-electron chi connectivity index (χ0n) is 22.1. The lowest BCUT2D eigenvalue weighted by Crippen LogP contribution is -2.60. The lowest BCUT2D eigenvalue weighted by Gasteiger charge is -2.38. The number of carbonyl (C=O) groups is 4. The Balaban J connectivity index is 0.000000307. The summed E-state index contributed by atoms with van der Waals surface area (Å²) in [6, 6.07) is 12.3. The van der Waals surface area contributed by atoms with Gasteiger partial charge in [-0.2, -0.15) is 4.31 Å². The minimum Gasteiger partial charge on any atom is -0.475 e. The van der Waals surface area contributed by atoms with Gasteiger partial charge in [0.1, 0.15) is 6.04 Å². The number of carboxylic acids is 1. The van der Waals surface area contributed by atoms with E-state index in [-0.39, 0.29) is 18.8 Å². The Morgan fingerprint density at radius 3 is 2.58 bits per heavy atom. The third-order valence-electron chi connectivity index (χ3n) is 6.94. The molecule has 5 rings (SSSR count). The van der Waals surface area contributed by atoms with Gasteiger partial charge in [0.2, 0.25) is 21.8 Å². The molecule has 2 aromatic carbocycles. The summed E-state index contributed by atoms with van der Waals surface area (Å²) in [7, 11) is -3.71. The number of carbonyl (C=O) groups excluding carboxylic acids is 3. The number of hydrogen-bond donors (Lipinski definition) is 3. The van der Waals surface area contributed by atoms with Gasteiger partial charge in [0.15, 0.2) is 0 Å². The Kier molecular flexibility index (Phi) is 8.64. The van der Waals surface area contributed by atoms with Gasteiger partial charge in [0, 0.05) is 12.6 Å². The van der Waals surface area contributed by atoms with Crippen LogP contribution in [0.15, 0.2) is 54.9 Å². The topological polar surface area (TPSA) is 170 Å². The molecule has 2 amide bonds. The minimum atomic E-state index is -3.71. The maximum absolute atomic E-state index is 12.8. The summed E-state index contributed by atoms with van der Waals surface area (Å²) in [5.74, 6) is -4.13. The number of rotatable bonds is 7. The molecule has 0 aliphatic carbocycles. The summed E-state index contributed by atoms with van der Waals surface area (Å²) in [6.07, 6.45) is 2.45. The number of hydrogen-bond acceptors (Lipinski definition) is 7. The first kappa shape index (κ1) is 28.9. The first-order chi connectivity index (χ1) is 19.0. The lowest BCUT2D eigenvalue weighted by atomic mass is 10.1. The van der Waals surface area contributed by atoms with Crippen LogP contribution in [0.2, 0.25) is 0 Å². The molecule has 13 heteroatoms. The van der Waals surface area contributed by atoms with E-state index in [2.05, 4.69) is 34.3 Å². The molecule has 2 aliphatic heterocycles. The van der Waals surface area contributed by atoms with E-state index in [9.17, 15) is 27.6 Å². The van der Waals surface area contributed by atoms with E-state index >= 15 is 0 Å². The molecular weight excluding hydrogens is 538 g/mol. The number of nitrogens with zero attached hydrogens (tertiary/aromatic N) is 3. The third-order valence-corrected chi connectivity index (χ3v) is 8.71. The smallest absolute Gasteiger partial charge is 0.374 e. The molecule has 0 radical (unpaired) electrons. The minimum absolute atomic E-state index is 0.0916. The molecule has 3 N–H and O–H groups in total. The first-order valence-corrected chi connectivity index (χ1v) is 14.4. The van der Waals surface area contributed by atoms with Crippen LogP contribution in [-0.2, 0) is 35.0 Å². The summed E-state index contributed by atoms with van der Waals surface area (Å²) in [5.41, 5.74) is 4.02. The number of imidazole rings is 1. The standard InChI is InChI=1S/C19H23N3O7S.C8H8N2/c1-12(17(24)19(26)27)20-18(25)15-8-7-14-9-21(10-16(23)22(14)15)30(28,29)11-13-5-3-2-4-6-13;1-6-2-3-7-8(4-6)10-5-9-7/h2-6,12,14-15H,7-11H2,1H3,(H,20,25)(H,26,27);2-5H,1H3,(H,9,10). The first-order valence-electron chi connectivity index (χ1n) is 12.8. The van der Waals surface area contributed by atoms with Gasteiger partial charge in [-0.3, -0.25) is 14.4 Å². The molecule has 1 aromatic heterocycles. The number of nitrogens with one attached hydrogen (secondary N) is 2. The molecule has 2 aliphatic rings. The quantitative estimate of drug-likeness (QED) is 0.357. The lowest BCUT2D eigenvalue weighted by molar-refractivity contribution is -0.150. The number of sulfonamides is 1. The largest absolute Gasteiger partial charge is 0.475 e. The van der Waals surface area contributed by atoms with Crippen LogP contribution in [0, 0.1) is 6.92 Å². The van der Waals surface area contributed by atoms with Crippen molar-refractivity contribution in [2.75, 3.05) is 13.1 Å². The van der Waals surface area contributed by atoms with Crippen molar-refractivity contribution in [3.8, 4) is 0 Å². The molecule has 3 heterocycles. The van der Waals surface area contributed by atoms with Crippen molar-refractivity contribution >= 4 is 44.6 Å². The fraction of sp³-hybridized carbons (Fsp3) is 0.370. The second-order valence-electron chi connectivity index (χ2n) is 9.91. The van der Waals surface area contributed by atoms with E-state index in [1.165, 1.54) is 17.4 Å². The summed E-state index contributed by atoms with van der Waals surface area (Å²) in [6.45, 7) is 3.06. The molecule has 40 heavy (non-hydrogen) atoms. The van der Waals surface area contributed by atoms with Gasteiger partial charge in [0.25, 0.3) is 5.78 Å². The monoisotopic (exact) mass is 569 g/mol. The van der Waals surface area contributed by atoms with Crippen molar-refractivity contribution in [3.63, 3.8) is 0 Å². The fourth-order valence-corrected chi connectivity index (χ4v) is 6.43. The van der Waals surface area contributed by atoms with Crippen LogP contribution in [0.4, 0.5) is 0 Å². The predicted octanol–water partition coefficient (Wildman–Crippen LogP) is 1.22. The molecule has 3 unspecified atom stereocenters. The number of Topliss-reactive ketones (excluding diaryl/α,β-unsaturated/α-hetero) is 1. The number of aliphatic carboxylic acids is 1. The van der Waals surface area contributed by atoms with Crippen molar-refractivity contribution in [1.29, 1.82) is 0 Å². The molecule has 2 fully saturated rings. The third kappa shape index (κ3) is 6.54. The normalized spacial score (nSPS) is 19.9. The number of H-pyrrole nitrogens is 1. The number of aromatic amines is 1. The number of aromatic nitrogens is 2. The summed E-state index contributed by atoms with van der Waals surface area (Å²) in [5, 5.41) is 11.1. The number of amides is 2. The van der Waals surface area contributed by atoms with Gasteiger partial charge < -0.3 is 20.3 Å². The van der Waals surface area contributed by atoms with Gasteiger partial charge in [-0.05, 0) is 49.9 Å². The highest BCUT2D eigenvalue weighted by Crippen LogP contribution is 2.30. The summed E-state index contributed by atoms with van der Waals surface area (Å²) in [4.78, 5) is 56.0. The summed E-state index contributed by atoms with van der Waals surface area (Å²) < 4.78 is 26.7. The predicted molar refractivity (Wildman–Crippen MR) is 145 cm³/mol. The zero-order valence-corrected chi connectivity index (χ0v) is 22.9. The number of benzene rings is 2. The second-order valence-corrected chi connectivity index (χ2v) is 11.9. The van der Waals surface area contributed by atoms with Gasteiger partial charge in [0.05, 0.1) is 35.7 Å². The molecular formula is C27H31N5O7S. The number of ketones is 1. The fourth-order valence-electron chi connectivity index (χ4n) is 4.93. The van der Waals surface area contributed by atoms with E-state index in [0.717, 1.165) is 15.3 Å². The Labute approximate surface area is 231 Å². The van der Waals surface area contributed by atoms with Gasteiger partial charge in [-0.25, -0.2) is 18.2 Å². The molecule has 0 spiro atoms. The molecule has 0 bridgehead atoms. The molecule has 12 nitrogen and oxygen atoms in total. The molecule has 3 aromatic rings. The van der Waals surface area contributed by atoms with E-state index in [1.807, 2.05) is 6.07 Å². The van der Waals surface area contributed by atoms with Crippen molar-refractivity contribution in [2.24, 2.45) is 0 Å². The second kappa shape index (κ2) is 12.0. The van der Waals surface area contributed by atoms with Crippen molar-refractivity contribution in [1.82, 2.24) is 24.5 Å². The van der Waals surface area contributed by atoms with Crippen LogP contribution in [-0.4, -0.2) is 87.5 Å². The van der Waals surface area contributed by atoms with Crippen molar-refractivity contribution in [3.05, 3.63) is 66.0 Å². The number of fused-ring (bicyclic) bond motifs is 2. The van der Waals surface area contributed by atoms with E-state index in [1.54, 1.807) is 36.7 Å². The number of carboxylic acid groups (broad SMARTS) is 1. The van der Waals surface area contributed by atoms with Gasteiger partial charge >= 0.3 is 5.97 Å². The number of piperazine rings is 1. The average Bonchev–Trinajstić information content (AvgIpc) is 3.56. The summed E-state index contributed by atoms with van der Waals surface area (Å²) >= 11 is 0. The highest BCUT2D eigenvalue weighted by atomic mass is 32.2. The van der Waals surface area contributed by atoms with Crippen LogP contribution in [0.5, 0.6) is 0 Å². The van der Waals surface area contributed by atoms with Crippen molar-refractivity contribution in [2.45, 2.75) is 50.6 Å². The molecule has 0 saturated carbocycles. The Bertz CT molecular complexity index is 1520. The Hall–Kier alpha value is -4.10. The molecule has 212 valence electrons. The maximum Gasteiger partial charge on any atom is 0.374 e. The Morgan fingerprint density at radius 1 is 1.15 bits per heavy atom. The van der Waals surface area contributed by atoms with Crippen molar-refractivity contribution < 1.29 is 32.7 Å². The number of aryl methyl sites for hydroxylation is 1. The van der Waals surface area contributed by atoms with Crippen LogP contribution in [0.25, 0.3) is 11.0 Å². The van der Waals surface area contributed by atoms with Crippen LogP contribution in [0.3, 0.4) is 0 Å². The molecule has 3 atom stereocenters. The highest BCUT2D eigenvalue weighted by molar-refractivity contribution is 7.88. The van der Waals surface area contributed by atoms with Gasteiger partial charge in [-0.15, -0.1) is 0 Å². The van der Waals surface area contributed by atoms with Crippen LogP contribution < -0.4 is 5.32 Å². The van der Waals surface area contributed by atoms with Gasteiger partial charge in [-0.1, -0.05) is 36.4 Å². The van der Waals surface area contributed by atoms with E-state index in [4.69, 9.17) is 5.11 Å². The van der Waals surface area contributed by atoms with E-state index in [0.29, 0.717) is 18.4 Å². The highest BCUT2D eigenvalue weighted by Gasteiger charge is 2.47. The Morgan fingerprint density at radius 2 is 1.88 bits per heavy atom. The average molecular weight is 570 g/mol. The molecule has 2 saturated heterocycles. The van der Waals surface area contributed by atoms with Crippen LogP contribution >= 0.6 is 0 Å². The van der Waals surface area contributed by atoms with Crippen LogP contribution in [0.1, 0.15) is 30.9 Å². The van der Waals surface area contributed by atoms with E-state index < -0.39 is 51.7 Å².